The van der Waals surface area contributed by atoms with E-state index < -0.39 is 6.36 Å². The topological polar surface area (TPSA) is 89.2 Å². The van der Waals surface area contributed by atoms with Crippen LogP contribution in [0.3, 0.4) is 0 Å². The van der Waals surface area contributed by atoms with E-state index in [1.165, 1.54) is 18.6 Å². The third-order valence-electron chi connectivity index (χ3n) is 3.22. The van der Waals surface area contributed by atoms with Crippen molar-refractivity contribution in [3.8, 4) is 5.75 Å². The molecule has 1 aliphatic rings. The van der Waals surface area contributed by atoms with Gasteiger partial charge < -0.3 is 21.1 Å². The normalized spacial score (nSPS) is 15.9. The van der Waals surface area contributed by atoms with Gasteiger partial charge in [-0.2, -0.15) is 4.99 Å². The molecule has 1 aromatic rings. The van der Waals surface area contributed by atoms with Crippen molar-refractivity contribution in [1.29, 1.82) is 0 Å². The van der Waals surface area contributed by atoms with E-state index in [-0.39, 0.29) is 36.5 Å². The Morgan fingerprint density at radius 1 is 1.00 bits per heavy atom. The molecule has 6 nitrogen and oxygen atoms in total. The van der Waals surface area contributed by atoms with Crippen molar-refractivity contribution in [3.05, 3.63) is 24.3 Å². The average Bonchev–Trinajstić information content (AvgIpc) is 2.48. The standard InChI is InChI=1S/C14H18F3N5O.2ClH/c15-14(16,17)23-11-6-4-10(5-7-11)20-12(18)21-13(19)22-8-2-1-3-9-22;;/h4-7H,1-3,8-9H2,(H4,18,19,20,21);2*1H. The highest BCUT2D eigenvalue weighted by atomic mass is 35.5. The van der Waals surface area contributed by atoms with Crippen molar-refractivity contribution >= 4 is 42.4 Å². The van der Waals surface area contributed by atoms with E-state index in [1.807, 2.05) is 4.90 Å². The Morgan fingerprint density at radius 3 is 2.08 bits per heavy atom. The van der Waals surface area contributed by atoms with E-state index in [1.54, 1.807) is 0 Å². The molecule has 1 fully saturated rings. The number of hydrogen-bond acceptors (Lipinski definition) is 2. The molecule has 0 aromatic heterocycles. The molecule has 142 valence electrons. The second-order valence-electron chi connectivity index (χ2n) is 5.03. The maximum Gasteiger partial charge on any atom is 0.573 e. The summed E-state index contributed by atoms with van der Waals surface area (Å²) in [4.78, 5) is 9.93. The number of rotatable bonds is 2. The molecule has 4 N–H and O–H groups in total. The fourth-order valence-corrected chi connectivity index (χ4v) is 2.19. The first-order valence-corrected chi connectivity index (χ1v) is 7.12. The number of ether oxygens (including phenoxy) is 1. The fourth-order valence-electron chi connectivity index (χ4n) is 2.19. The van der Waals surface area contributed by atoms with Gasteiger partial charge in [0.1, 0.15) is 5.75 Å². The zero-order valence-corrected chi connectivity index (χ0v) is 14.8. The molecule has 1 aliphatic heterocycles. The van der Waals surface area contributed by atoms with E-state index >= 15 is 0 Å². The third-order valence-corrected chi connectivity index (χ3v) is 3.22. The second kappa shape index (κ2) is 10.2. The molecule has 2 rings (SSSR count). The summed E-state index contributed by atoms with van der Waals surface area (Å²) in [5.74, 6) is -0.0908. The lowest BCUT2D eigenvalue weighted by molar-refractivity contribution is -0.274. The van der Waals surface area contributed by atoms with Crippen molar-refractivity contribution in [2.75, 3.05) is 13.1 Å². The molecular formula is C14H20Cl2F3N5O. The first-order chi connectivity index (χ1) is 10.8. The number of guanidine groups is 2. The predicted octanol–water partition coefficient (Wildman–Crippen LogP) is 3.18. The molecule has 1 heterocycles. The van der Waals surface area contributed by atoms with Gasteiger partial charge in [0.05, 0.1) is 5.69 Å². The van der Waals surface area contributed by atoms with Crippen molar-refractivity contribution in [3.63, 3.8) is 0 Å². The maximum atomic E-state index is 12.1. The number of aliphatic imine (C=N–C) groups is 2. The van der Waals surface area contributed by atoms with Crippen LogP contribution >= 0.6 is 24.8 Å². The number of nitrogens with two attached hydrogens (primary N) is 2. The molecule has 0 unspecified atom stereocenters. The van der Waals surface area contributed by atoms with Gasteiger partial charge in [0.15, 0.2) is 5.96 Å². The Balaban J connectivity index is 0.00000288. The monoisotopic (exact) mass is 401 g/mol. The first kappa shape index (κ1) is 23.1. The highest BCUT2D eigenvalue weighted by Crippen LogP contribution is 2.24. The van der Waals surface area contributed by atoms with Crippen LogP contribution in [-0.4, -0.2) is 36.3 Å². The lowest BCUT2D eigenvalue weighted by Gasteiger charge is -2.27. The van der Waals surface area contributed by atoms with Crippen molar-refractivity contribution in [1.82, 2.24) is 4.90 Å². The number of hydrogen-bond donors (Lipinski definition) is 2. The van der Waals surface area contributed by atoms with E-state index in [4.69, 9.17) is 11.5 Å². The summed E-state index contributed by atoms with van der Waals surface area (Å²) in [6.45, 7) is 1.65. The van der Waals surface area contributed by atoms with Crippen LogP contribution in [0.4, 0.5) is 18.9 Å². The smallest absolute Gasteiger partial charge is 0.406 e. The van der Waals surface area contributed by atoms with Gasteiger partial charge in [-0.25, -0.2) is 4.99 Å². The van der Waals surface area contributed by atoms with Crippen LogP contribution in [0.1, 0.15) is 19.3 Å². The number of halogens is 5. The van der Waals surface area contributed by atoms with Gasteiger partial charge in [0.2, 0.25) is 5.96 Å². The van der Waals surface area contributed by atoms with Crippen LogP contribution in [0.15, 0.2) is 34.3 Å². The number of piperidine rings is 1. The molecule has 0 aliphatic carbocycles. The van der Waals surface area contributed by atoms with E-state index in [0.29, 0.717) is 11.6 Å². The van der Waals surface area contributed by atoms with Crippen LogP contribution in [0.2, 0.25) is 0 Å². The summed E-state index contributed by atoms with van der Waals surface area (Å²) in [5.41, 5.74) is 11.9. The summed E-state index contributed by atoms with van der Waals surface area (Å²) in [5, 5.41) is 0. The largest absolute Gasteiger partial charge is 0.573 e. The molecule has 0 bridgehead atoms. The Bertz CT molecular complexity index is 587. The Morgan fingerprint density at radius 2 is 1.56 bits per heavy atom. The van der Waals surface area contributed by atoms with E-state index in [9.17, 15) is 13.2 Å². The van der Waals surface area contributed by atoms with Gasteiger partial charge in [-0.1, -0.05) is 0 Å². The van der Waals surface area contributed by atoms with Crippen molar-refractivity contribution in [2.24, 2.45) is 21.5 Å². The van der Waals surface area contributed by atoms with E-state index in [0.717, 1.165) is 38.1 Å². The first-order valence-electron chi connectivity index (χ1n) is 7.12. The lowest BCUT2D eigenvalue weighted by atomic mass is 10.1. The maximum absolute atomic E-state index is 12.1. The van der Waals surface area contributed by atoms with E-state index in [2.05, 4.69) is 14.7 Å². The molecule has 0 amide bonds. The second-order valence-corrected chi connectivity index (χ2v) is 5.03. The van der Waals surface area contributed by atoms with Crippen LogP contribution < -0.4 is 16.2 Å². The molecular weight excluding hydrogens is 382 g/mol. The Labute approximate surface area is 155 Å². The van der Waals surface area contributed by atoms with Gasteiger partial charge in [-0.3, -0.25) is 0 Å². The summed E-state index contributed by atoms with van der Waals surface area (Å²) >= 11 is 0. The molecule has 1 saturated heterocycles. The SMILES string of the molecule is Cl.Cl.NC(=Nc1ccc(OC(F)(F)F)cc1)/N=C(/N)N1CCCCC1. The zero-order chi connectivity index (χ0) is 16.9. The summed E-state index contributed by atoms with van der Waals surface area (Å²) in [6, 6.07) is 5.00. The van der Waals surface area contributed by atoms with Crippen molar-refractivity contribution in [2.45, 2.75) is 25.6 Å². The minimum atomic E-state index is -4.73. The Kier molecular flexibility index (Phi) is 9.43. The Hall–Kier alpha value is -1.87. The van der Waals surface area contributed by atoms with Gasteiger partial charge >= 0.3 is 6.36 Å². The fraction of sp³-hybridized carbons (Fsp3) is 0.429. The third kappa shape index (κ3) is 8.17. The average molecular weight is 402 g/mol. The summed E-state index contributed by atoms with van der Waals surface area (Å²) < 4.78 is 40.0. The van der Waals surface area contributed by atoms with Crippen LogP contribution in [0.25, 0.3) is 0 Å². The number of likely N-dealkylation sites (tertiary alicyclic amines) is 1. The van der Waals surface area contributed by atoms with Gasteiger partial charge in [0, 0.05) is 13.1 Å². The van der Waals surface area contributed by atoms with Crippen LogP contribution in [0, 0.1) is 0 Å². The molecule has 25 heavy (non-hydrogen) atoms. The van der Waals surface area contributed by atoms with Crippen molar-refractivity contribution < 1.29 is 17.9 Å². The summed E-state index contributed by atoms with van der Waals surface area (Å²) in [6.07, 6.45) is -1.46. The number of benzene rings is 1. The minimum Gasteiger partial charge on any atom is -0.406 e. The molecule has 0 radical (unpaired) electrons. The lowest BCUT2D eigenvalue weighted by Crippen LogP contribution is -2.41. The number of alkyl halides is 3. The van der Waals surface area contributed by atoms with Crippen LogP contribution in [0.5, 0.6) is 5.75 Å². The zero-order valence-electron chi connectivity index (χ0n) is 13.2. The number of nitrogens with zero attached hydrogens (tertiary/aromatic N) is 3. The van der Waals surface area contributed by atoms with Crippen LogP contribution in [-0.2, 0) is 0 Å². The highest BCUT2D eigenvalue weighted by molar-refractivity contribution is 5.94. The molecule has 1 aromatic carbocycles. The molecule has 0 spiro atoms. The van der Waals surface area contributed by atoms with Gasteiger partial charge in [-0.15, -0.1) is 38.0 Å². The molecule has 11 heteroatoms. The summed E-state index contributed by atoms with van der Waals surface area (Å²) in [7, 11) is 0. The molecule has 0 saturated carbocycles. The minimum absolute atomic E-state index is 0. The quantitative estimate of drug-likeness (QED) is 0.588. The molecule has 0 atom stereocenters. The van der Waals surface area contributed by atoms with Gasteiger partial charge in [-0.05, 0) is 43.5 Å². The highest BCUT2D eigenvalue weighted by Gasteiger charge is 2.30. The predicted molar refractivity (Wildman–Crippen MR) is 95.9 cm³/mol. The van der Waals surface area contributed by atoms with Gasteiger partial charge in [0.25, 0.3) is 0 Å².